The van der Waals surface area contributed by atoms with Crippen LogP contribution in [0.25, 0.3) is 11.3 Å². The summed E-state index contributed by atoms with van der Waals surface area (Å²) in [6, 6.07) is 13.1. The molecule has 0 atom stereocenters. The lowest BCUT2D eigenvalue weighted by molar-refractivity contribution is 0.102. The van der Waals surface area contributed by atoms with Gasteiger partial charge in [-0.25, -0.2) is 13.1 Å². The lowest BCUT2D eigenvalue weighted by Crippen LogP contribution is -2.19. The van der Waals surface area contributed by atoms with E-state index in [2.05, 4.69) is 20.2 Å². The number of amides is 1. The Labute approximate surface area is 168 Å². The van der Waals surface area contributed by atoms with Crippen molar-refractivity contribution in [2.45, 2.75) is 4.90 Å². The monoisotopic (exact) mass is 416 g/mol. The van der Waals surface area contributed by atoms with Crippen LogP contribution in [0.15, 0.2) is 53.4 Å². The Morgan fingerprint density at radius 3 is 2.55 bits per heavy atom. The third-order valence-corrected chi connectivity index (χ3v) is 5.60. The number of nitrogens with zero attached hydrogens (tertiary/aromatic N) is 1. The summed E-state index contributed by atoms with van der Waals surface area (Å²) in [5.41, 5.74) is 1.71. The fourth-order valence-electron chi connectivity index (χ4n) is 2.64. The summed E-state index contributed by atoms with van der Waals surface area (Å²) in [4.78, 5) is 12.5. The number of anilines is 1. The Balaban J connectivity index is 1.87. The van der Waals surface area contributed by atoms with Crippen molar-refractivity contribution in [1.29, 1.82) is 0 Å². The molecule has 0 bridgehead atoms. The van der Waals surface area contributed by atoms with Gasteiger partial charge in [0.2, 0.25) is 10.0 Å². The van der Waals surface area contributed by atoms with Crippen molar-refractivity contribution >= 4 is 21.6 Å². The summed E-state index contributed by atoms with van der Waals surface area (Å²) in [5.74, 6) is 0.424. The summed E-state index contributed by atoms with van der Waals surface area (Å²) >= 11 is 0. The first-order valence-corrected chi connectivity index (χ1v) is 9.99. The molecule has 29 heavy (non-hydrogen) atoms. The maximum atomic E-state index is 12.5. The Hall–Kier alpha value is -3.37. The molecule has 1 heterocycles. The number of methoxy groups -OCH3 is 2. The predicted octanol–water partition coefficient (Wildman–Crippen LogP) is 2.25. The number of rotatable bonds is 7. The number of aromatic nitrogens is 2. The molecule has 0 radical (unpaired) electrons. The molecule has 0 spiro atoms. The number of carbonyl (C=O) groups is 1. The van der Waals surface area contributed by atoms with E-state index in [-0.39, 0.29) is 16.3 Å². The van der Waals surface area contributed by atoms with Gasteiger partial charge in [-0.2, -0.15) is 5.10 Å². The summed E-state index contributed by atoms with van der Waals surface area (Å²) < 4.78 is 37.0. The van der Waals surface area contributed by atoms with Crippen molar-refractivity contribution in [1.82, 2.24) is 14.9 Å². The molecule has 1 aromatic heterocycles. The van der Waals surface area contributed by atoms with Crippen molar-refractivity contribution in [2.24, 2.45) is 0 Å². The number of nitrogens with one attached hydrogen (secondary N) is 3. The Morgan fingerprint density at radius 1 is 1.07 bits per heavy atom. The highest BCUT2D eigenvalue weighted by atomic mass is 32.2. The molecule has 1 amide bonds. The van der Waals surface area contributed by atoms with Gasteiger partial charge in [0.1, 0.15) is 22.1 Å². The van der Waals surface area contributed by atoms with Crippen LogP contribution in [0.5, 0.6) is 11.5 Å². The maximum Gasteiger partial charge on any atom is 0.273 e. The summed E-state index contributed by atoms with van der Waals surface area (Å²) in [6.07, 6.45) is 0. The second kappa shape index (κ2) is 8.33. The van der Waals surface area contributed by atoms with Gasteiger partial charge in [0.05, 0.1) is 19.9 Å². The van der Waals surface area contributed by atoms with E-state index in [1.54, 1.807) is 37.4 Å². The molecule has 9 nitrogen and oxygen atoms in total. The lowest BCUT2D eigenvalue weighted by atomic mass is 10.1. The van der Waals surface area contributed by atoms with E-state index in [1.807, 2.05) is 0 Å². The fourth-order valence-corrected chi connectivity index (χ4v) is 3.56. The second-order valence-electron chi connectivity index (χ2n) is 5.93. The second-order valence-corrected chi connectivity index (χ2v) is 7.78. The SMILES string of the molecule is CNS(=O)(=O)c1cc(-c2cc(C(=O)Nc3cccc(OC)c3)[nH]n2)ccc1OC. The fraction of sp³-hybridized carbons (Fsp3) is 0.158. The molecule has 0 aliphatic carbocycles. The number of ether oxygens (including phenoxy) is 2. The molecule has 10 heteroatoms. The summed E-state index contributed by atoms with van der Waals surface area (Å²) in [6.45, 7) is 0. The third-order valence-electron chi connectivity index (χ3n) is 4.17. The Bertz CT molecular complexity index is 1140. The molecular weight excluding hydrogens is 396 g/mol. The zero-order valence-electron chi connectivity index (χ0n) is 16.0. The van der Waals surface area contributed by atoms with E-state index in [0.717, 1.165) is 0 Å². The zero-order valence-corrected chi connectivity index (χ0v) is 16.8. The van der Waals surface area contributed by atoms with E-state index < -0.39 is 15.9 Å². The van der Waals surface area contributed by atoms with Crippen LogP contribution in [0.1, 0.15) is 10.5 Å². The number of H-pyrrole nitrogens is 1. The van der Waals surface area contributed by atoms with Gasteiger partial charge in [-0.05, 0) is 43.4 Å². The van der Waals surface area contributed by atoms with Crippen LogP contribution >= 0.6 is 0 Å². The molecular formula is C19H20N4O5S. The highest BCUT2D eigenvalue weighted by Gasteiger charge is 2.20. The van der Waals surface area contributed by atoms with Gasteiger partial charge in [-0.1, -0.05) is 6.07 Å². The molecule has 0 fully saturated rings. The quantitative estimate of drug-likeness (QED) is 0.543. The van der Waals surface area contributed by atoms with E-state index in [0.29, 0.717) is 22.7 Å². The molecule has 3 N–H and O–H groups in total. The van der Waals surface area contributed by atoms with Gasteiger partial charge in [0.25, 0.3) is 5.91 Å². The first-order valence-electron chi connectivity index (χ1n) is 8.50. The lowest BCUT2D eigenvalue weighted by Gasteiger charge is -2.09. The van der Waals surface area contributed by atoms with Gasteiger partial charge in [0.15, 0.2) is 0 Å². The average Bonchev–Trinajstić information content (AvgIpc) is 3.24. The minimum Gasteiger partial charge on any atom is -0.497 e. The average molecular weight is 416 g/mol. The number of hydrogen-bond donors (Lipinski definition) is 3. The van der Waals surface area contributed by atoms with Crippen LogP contribution in [0.3, 0.4) is 0 Å². The molecule has 3 aromatic rings. The largest absolute Gasteiger partial charge is 0.497 e. The van der Waals surface area contributed by atoms with Crippen molar-refractivity contribution in [2.75, 3.05) is 26.6 Å². The van der Waals surface area contributed by atoms with Crippen LogP contribution in [0, 0.1) is 0 Å². The van der Waals surface area contributed by atoms with Gasteiger partial charge in [-0.3, -0.25) is 9.89 Å². The van der Waals surface area contributed by atoms with E-state index in [4.69, 9.17) is 9.47 Å². The van der Waals surface area contributed by atoms with Crippen molar-refractivity contribution < 1.29 is 22.7 Å². The third kappa shape index (κ3) is 4.39. The smallest absolute Gasteiger partial charge is 0.273 e. The first kappa shape index (κ1) is 20.4. The van der Waals surface area contributed by atoms with E-state index >= 15 is 0 Å². The number of benzene rings is 2. The molecule has 0 saturated carbocycles. The van der Waals surface area contributed by atoms with Crippen molar-refractivity contribution in [3.63, 3.8) is 0 Å². The highest BCUT2D eigenvalue weighted by Crippen LogP contribution is 2.29. The summed E-state index contributed by atoms with van der Waals surface area (Å²) in [5, 5.41) is 9.53. The van der Waals surface area contributed by atoms with Crippen LogP contribution in [-0.4, -0.2) is 45.8 Å². The Kier molecular flexibility index (Phi) is 5.85. The van der Waals surface area contributed by atoms with Crippen molar-refractivity contribution in [3.05, 3.63) is 54.2 Å². The maximum absolute atomic E-state index is 12.5. The molecule has 0 saturated heterocycles. The van der Waals surface area contributed by atoms with Crippen LogP contribution in [-0.2, 0) is 10.0 Å². The number of carbonyl (C=O) groups excluding carboxylic acids is 1. The molecule has 3 rings (SSSR count). The Morgan fingerprint density at radius 2 is 1.86 bits per heavy atom. The highest BCUT2D eigenvalue weighted by molar-refractivity contribution is 7.89. The topological polar surface area (TPSA) is 122 Å². The zero-order chi connectivity index (χ0) is 21.0. The minimum absolute atomic E-state index is 0.0228. The standard InChI is InChI=1S/C19H20N4O5S/c1-20-29(25,26)18-9-12(7-8-17(18)28-3)15-11-16(23-22-15)19(24)21-13-5-4-6-14(10-13)27-2/h4-11,20H,1-3H3,(H,21,24)(H,22,23). The number of aromatic amines is 1. The minimum atomic E-state index is -3.73. The van der Waals surface area contributed by atoms with Crippen LogP contribution < -0.4 is 19.5 Å². The van der Waals surface area contributed by atoms with Gasteiger partial charge >= 0.3 is 0 Å². The molecule has 0 aliphatic heterocycles. The van der Waals surface area contributed by atoms with Gasteiger partial charge < -0.3 is 14.8 Å². The van der Waals surface area contributed by atoms with E-state index in [1.165, 1.54) is 32.4 Å². The normalized spacial score (nSPS) is 11.1. The van der Waals surface area contributed by atoms with Gasteiger partial charge in [-0.15, -0.1) is 0 Å². The number of sulfonamides is 1. The molecule has 0 unspecified atom stereocenters. The molecule has 0 aliphatic rings. The van der Waals surface area contributed by atoms with E-state index in [9.17, 15) is 13.2 Å². The molecule has 2 aromatic carbocycles. The molecule has 152 valence electrons. The van der Waals surface area contributed by atoms with Crippen LogP contribution in [0.2, 0.25) is 0 Å². The van der Waals surface area contributed by atoms with Crippen molar-refractivity contribution in [3.8, 4) is 22.8 Å². The number of hydrogen-bond acceptors (Lipinski definition) is 6. The first-order chi connectivity index (χ1) is 13.9. The summed E-state index contributed by atoms with van der Waals surface area (Å²) in [7, 11) is 0.513. The van der Waals surface area contributed by atoms with Gasteiger partial charge in [0, 0.05) is 17.3 Å². The van der Waals surface area contributed by atoms with Crippen LogP contribution in [0.4, 0.5) is 5.69 Å². The predicted molar refractivity (Wildman–Crippen MR) is 108 cm³/mol.